The Morgan fingerprint density at radius 3 is 2.95 bits per heavy atom. The summed E-state index contributed by atoms with van der Waals surface area (Å²) in [5, 5.41) is 22.0. The number of nitrogens with one attached hydrogen (secondary N) is 1. The maximum Gasteiger partial charge on any atom is 0.306 e. The summed E-state index contributed by atoms with van der Waals surface area (Å²) in [7, 11) is 0. The van der Waals surface area contributed by atoms with Crippen LogP contribution in [0.5, 0.6) is 5.75 Å². The zero-order valence-corrected chi connectivity index (χ0v) is 12.2. The van der Waals surface area contributed by atoms with Crippen LogP contribution in [0.15, 0.2) is 22.7 Å². The van der Waals surface area contributed by atoms with Crippen LogP contribution in [0.25, 0.3) is 0 Å². The van der Waals surface area contributed by atoms with Crippen molar-refractivity contribution in [3.05, 3.63) is 28.2 Å². The number of benzene rings is 1. The van der Waals surface area contributed by atoms with E-state index in [1.807, 2.05) is 6.07 Å². The highest BCUT2D eigenvalue weighted by Crippen LogP contribution is 2.28. The first-order valence-corrected chi connectivity index (χ1v) is 7.29. The summed E-state index contributed by atoms with van der Waals surface area (Å²) >= 11 is 3.36. The molecule has 104 valence electrons. The van der Waals surface area contributed by atoms with E-state index < -0.39 is 5.97 Å². The second-order valence-electron chi connectivity index (χ2n) is 5.03. The van der Waals surface area contributed by atoms with Crippen LogP contribution >= 0.6 is 15.9 Å². The lowest BCUT2D eigenvalue weighted by Crippen LogP contribution is -2.36. The number of carbonyl (C=O) groups is 1. The predicted octanol–water partition coefficient (Wildman–Crippen LogP) is 2.89. The number of phenols is 1. The molecule has 1 aromatic carbocycles. The number of hydrogen-bond acceptors (Lipinski definition) is 3. The second-order valence-corrected chi connectivity index (χ2v) is 5.82. The fourth-order valence-corrected chi connectivity index (χ4v) is 2.96. The van der Waals surface area contributed by atoms with Crippen LogP contribution in [0, 0.1) is 5.92 Å². The Bertz CT molecular complexity index is 464. The Balaban J connectivity index is 1.91. The molecule has 0 aromatic heterocycles. The molecule has 0 amide bonds. The van der Waals surface area contributed by atoms with Crippen LogP contribution in [0.1, 0.15) is 31.2 Å². The van der Waals surface area contributed by atoms with Gasteiger partial charge in [0.25, 0.3) is 0 Å². The highest BCUT2D eigenvalue weighted by atomic mass is 79.9. The molecule has 3 N–H and O–H groups in total. The lowest BCUT2D eigenvalue weighted by Gasteiger charge is -2.27. The van der Waals surface area contributed by atoms with Gasteiger partial charge in [-0.05, 0) is 46.8 Å². The van der Waals surface area contributed by atoms with Gasteiger partial charge < -0.3 is 15.5 Å². The fourth-order valence-electron chi connectivity index (χ4n) is 2.56. The summed E-state index contributed by atoms with van der Waals surface area (Å²) in [5.74, 6) is -0.685. The quantitative estimate of drug-likeness (QED) is 0.795. The van der Waals surface area contributed by atoms with E-state index in [2.05, 4.69) is 21.2 Å². The Morgan fingerprint density at radius 2 is 2.21 bits per heavy atom. The van der Waals surface area contributed by atoms with Gasteiger partial charge in [0.15, 0.2) is 0 Å². The van der Waals surface area contributed by atoms with Crippen LogP contribution in [0.4, 0.5) is 0 Å². The zero-order chi connectivity index (χ0) is 13.8. The maximum absolute atomic E-state index is 11.0. The highest BCUT2D eigenvalue weighted by molar-refractivity contribution is 9.10. The topological polar surface area (TPSA) is 69.6 Å². The normalized spacial score (nSPS) is 23.2. The number of carboxylic acid groups (broad SMARTS) is 1. The second kappa shape index (κ2) is 6.39. The van der Waals surface area contributed by atoms with E-state index in [-0.39, 0.29) is 17.7 Å². The first-order valence-electron chi connectivity index (χ1n) is 6.50. The molecule has 2 rings (SSSR count). The minimum absolute atomic E-state index is 0.223. The molecule has 0 unspecified atom stereocenters. The van der Waals surface area contributed by atoms with E-state index in [0.29, 0.717) is 17.4 Å². The van der Waals surface area contributed by atoms with E-state index in [1.54, 1.807) is 12.1 Å². The van der Waals surface area contributed by atoms with Gasteiger partial charge in [-0.25, -0.2) is 0 Å². The standard InChI is InChI=1S/C14H18BrNO3/c15-13-10(4-2-6-12(13)17)8-16-11-5-1-3-9(7-11)14(18)19/h2,4,6,9,11,16-17H,1,3,5,7-8H2,(H,18,19)/t9-,11+/m1/s1. The molecule has 0 spiro atoms. The lowest BCUT2D eigenvalue weighted by atomic mass is 9.86. The highest BCUT2D eigenvalue weighted by Gasteiger charge is 2.26. The molecule has 4 nitrogen and oxygen atoms in total. The summed E-state index contributed by atoms with van der Waals surface area (Å²) in [6, 6.07) is 5.62. The lowest BCUT2D eigenvalue weighted by molar-refractivity contribution is -0.143. The molecule has 19 heavy (non-hydrogen) atoms. The number of phenolic OH excluding ortho intramolecular Hbond substituents is 1. The van der Waals surface area contributed by atoms with Crippen molar-refractivity contribution in [3.8, 4) is 5.75 Å². The molecule has 0 bridgehead atoms. The van der Waals surface area contributed by atoms with Gasteiger partial charge in [0.05, 0.1) is 10.4 Å². The molecule has 0 aliphatic heterocycles. The third-order valence-electron chi connectivity index (χ3n) is 3.66. The van der Waals surface area contributed by atoms with Crippen LogP contribution < -0.4 is 5.32 Å². The van der Waals surface area contributed by atoms with Crippen molar-refractivity contribution < 1.29 is 15.0 Å². The Hall–Kier alpha value is -1.07. The van der Waals surface area contributed by atoms with E-state index in [1.165, 1.54) is 0 Å². The van der Waals surface area contributed by atoms with Gasteiger partial charge in [-0.3, -0.25) is 4.79 Å². The fraction of sp³-hybridized carbons (Fsp3) is 0.500. The van der Waals surface area contributed by atoms with Crippen LogP contribution in [0.2, 0.25) is 0 Å². The van der Waals surface area contributed by atoms with Gasteiger partial charge >= 0.3 is 5.97 Å². The molecular formula is C14H18BrNO3. The molecule has 1 saturated carbocycles. The molecular weight excluding hydrogens is 310 g/mol. The van der Waals surface area contributed by atoms with Crippen molar-refractivity contribution in [1.29, 1.82) is 0 Å². The third kappa shape index (κ3) is 3.70. The van der Waals surface area contributed by atoms with Gasteiger partial charge in [0.2, 0.25) is 0 Å². The van der Waals surface area contributed by atoms with Gasteiger partial charge in [0.1, 0.15) is 5.75 Å². The molecule has 1 fully saturated rings. The summed E-state index contributed by atoms with van der Waals surface area (Å²) in [5.41, 5.74) is 0.984. The van der Waals surface area contributed by atoms with E-state index in [4.69, 9.17) is 5.11 Å². The number of hydrogen-bond donors (Lipinski definition) is 3. The average Bonchev–Trinajstić information content (AvgIpc) is 2.41. The van der Waals surface area contributed by atoms with Crippen molar-refractivity contribution in [2.75, 3.05) is 0 Å². The maximum atomic E-state index is 11.0. The average molecular weight is 328 g/mol. The molecule has 5 heteroatoms. The van der Waals surface area contributed by atoms with E-state index in [0.717, 1.165) is 24.8 Å². The van der Waals surface area contributed by atoms with Crippen molar-refractivity contribution in [2.24, 2.45) is 5.92 Å². The Morgan fingerprint density at radius 1 is 1.42 bits per heavy atom. The minimum atomic E-state index is -0.690. The van der Waals surface area contributed by atoms with Gasteiger partial charge in [-0.1, -0.05) is 18.6 Å². The van der Waals surface area contributed by atoms with E-state index in [9.17, 15) is 9.90 Å². The van der Waals surface area contributed by atoms with Crippen molar-refractivity contribution in [2.45, 2.75) is 38.3 Å². The largest absolute Gasteiger partial charge is 0.507 e. The van der Waals surface area contributed by atoms with Crippen molar-refractivity contribution in [3.63, 3.8) is 0 Å². The Kier molecular flexibility index (Phi) is 4.82. The van der Waals surface area contributed by atoms with Crippen molar-refractivity contribution in [1.82, 2.24) is 5.32 Å². The number of aromatic hydroxyl groups is 1. The number of carboxylic acids is 1. The first kappa shape index (κ1) is 14.3. The SMILES string of the molecule is O=C(O)[C@@H]1CCC[C@H](NCc2cccc(O)c2Br)C1. The molecule has 0 saturated heterocycles. The summed E-state index contributed by atoms with van der Waals surface area (Å²) in [6.07, 6.45) is 3.44. The summed E-state index contributed by atoms with van der Waals surface area (Å²) < 4.78 is 0.702. The first-order chi connectivity index (χ1) is 9.08. The number of rotatable bonds is 4. The minimum Gasteiger partial charge on any atom is -0.507 e. The van der Waals surface area contributed by atoms with Crippen molar-refractivity contribution >= 4 is 21.9 Å². The number of halogens is 1. The molecule has 1 aromatic rings. The smallest absolute Gasteiger partial charge is 0.306 e. The molecule has 0 radical (unpaired) electrons. The zero-order valence-electron chi connectivity index (χ0n) is 10.6. The van der Waals surface area contributed by atoms with Gasteiger partial charge in [-0.2, -0.15) is 0 Å². The van der Waals surface area contributed by atoms with Crippen LogP contribution in [-0.2, 0) is 11.3 Å². The molecule has 0 heterocycles. The Labute approximate surface area is 121 Å². The number of aliphatic carboxylic acids is 1. The molecule has 1 aliphatic carbocycles. The van der Waals surface area contributed by atoms with Gasteiger partial charge in [0, 0.05) is 12.6 Å². The van der Waals surface area contributed by atoms with Gasteiger partial charge in [-0.15, -0.1) is 0 Å². The van der Waals surface area contributed by atoms with Crippen LogP contribution in [0.3, 0.4) is 0 Å². The monoisotopic (exact) mass is 327 g/mol. The molecule has 2 atom stereocenters. The van der Waals surface area contributed by atoms with Crippen LogP contribution in [-0.4, -0.2) is 22.2 Å². The van der Waals surface area contributed by atoms with E-state index >= 15 is 0 Å². The predicted molar refractivity (Wildman–Crippen MR) is 76.0 cm³/mol. The molecule has 1 aliphatic rings. The summed E-state index contributed by atoms with van der Waals surface area (Å²) in [4.78, 5) is 11.0. The third-order valence-corrected chi connectivity index (χ3v) is 4.58. The summed E-state index contributed by atoms with van der Waals surface area (Å²) in [6.45, 7) is 0.631.